The summed E-state index contributed by atoms with van der Waals surface area (Å²) in [6, 6.07) is 5.74. The van der Waals surface area contributed by atoms with Crippen LogP contribution in [0.2, 0.25) is 0 Å². The Morgan fingerprint density at radius 1 is 1.20 bits per heavy atom. The van der Waals surface area contributed by atoms with E-state index < -0.39 is 5.60 Å². The molecule has 182 valence electrons. The zero-order chi connectivity index (χ0) is 24.6. The number of nitrogens with one attached hydrogen (secondary N) is 1. The van der Waals surface area contributed by atoms with Crippen LogP contribution in [0, 0.1) is 0 Å². The molecule has 0 radical (unpaired) electrons. The summed E-state index contributed by atoms with van der Waals surface area (Å²) < 4.78 is 5.17. The number of hydrogen-bond donors (Lipinski definition) is 2. The van der Waals surface area contributed by atoms with Gasteiger partial charge in [-0.05, 0) is 38.8 Å². The van der Waals surface area contributed by atoms with Gasteiger partial charge in [-0.2, -0.15) is 10.1 Å². The predicted molar refractivity (Wildman–Crippen MR) is 134 cm³/mol. The quantitative estimate of drug-likeness (QED) is 0.391. The topological polar surface area (TPSA) is 116 Å². The van der Waals surface area contributed by atoms with Gasteiger partial charge in [0.1, 0.15) is 11.0 Å². The van der Waals surface area contributed by atoms with Gasteiger partial charge in [-0.15, -0.1) is 6.58 Å². The molecule has 0 aromatic carbocycles. The molecule has 10 nitrogen and oxygen atoms in total. The standard InChI is InChI=1S/C25H30N8O2/c1-4-13-32-23(34)19-15-26-24(28-17-14-27-31(16-17)18-9-6-5-7-10-18)30-22(19)33(32)21-12-8-11-20(29-21)25(2,3)35/h4,8,11-12,14-16,18,35H,1,5-7,9-10,13H2,2-3H3,(H,26,28,30). The molecule has 1 aliphatic rings. The van der Waals surface area contributed by atoms with Crippen LogP contribution in [0.15, 0.2) is 54.2 Å². The van der Waals surface area contributed by atoms with Gasteiger partial charge in [0.05, 0.1) is 30.2 Å². The van der Waals surface area contributed by atoms with Gasteiger partial charge in [-0.3, -0.25) is 9.48 Å². The molecule has 0 saturated heterocycles. The largest absolute Gasteiger partial charge is 0.384 e. The Morgan fingerprint density at radius 2 is 2.00 bits per heavy atom. The zero-order valence-corrected chi connectivity index (χ0v) is 20.1. The molecular weight excluding hydrogens is 444 g/mol. The number of allylic oxidation sites excluding steroid dienone is 1. The molecule has 0 spiro atoms. The van der Waals surface area contributed by atoms with E-state index in [1.54, 1.807) is 49.0 Å². The van der Waals surface area contributed by atoms with Gasteiger partial charge in [0, 0.05) is 12.4 Å². The Balaban J connectivity index is 1.55. The zero-order valence-electron chi connectivity index (χ0n) is 20.1. The Hall–Kier alpha value is -3.79. The maximum Gasteiger partial charge on any atom is 0.278 e. The van der Waals surface area contributed by atoms with Crippen LogP contribution < -0.4 is 10.9 Å². The highest BCUT2D eigenvalue weighted by Gasteiger charge is 2.22. The Bertz CT molecular complexity index is 1420. The van der Waals surface area contributed by atoms with Crippen molar-refractivity contribution in [2.75, 3.05) is 5.32 Å². The molecule has 5 rings (SSSR count). The van der Waals surface area contributed by atoms with Gasteiger partial charge in [0.2, 0.25) is 5.95 Å². The first-order chi connectivity index (χ1) is 16.8. The van der Waals surface area contributed by atoms with Crippen LogP contribution in [-0.2, 0) is 12.1 Å². The second-order valence-corrected chi connectivity index (χ2v) is 9.48. The van der Waals surface area contributed by atoms with Gasteiger partial charge < -0.3 is 10.4 Å². The highest BCUT2D eigenvalue weighted by Crippen LogP contribution is 2.28. The lowest BCUT2D eigenvalue weighted by molar-refractivity contribution is 0.0738. The third-order valence-electron chi connectivity index (χ3n) is 6.36. The SMILES string of the molecule is C=CCn1c(=O)c2cnc(Nc3cnn(C4CCCCC4)c3)nc2n1-c1cccc(C(C)(C)O)n1. The van der Waals surface area contributed by atoms with Crippen LogP contribution in [0.5, 0.6) is 0 Å². The maximum atomic E-state index is 13.1. The second-order valence-electron chi connectivity index (χ2n) is 9.48. The van der Waals surface area contributed by atoms with E-state index in [0.29, 0.717) is 34.5 Å². The van der Waals surface area contributed by atoms with E-state index in [4.69, 9.17) is 0 Å². The normalized spacial score (nSPS) is 14.9. The molecule has 35 heavy (non-hydrogen) atoms. The van der Waals surface area contributed by atoms with E-state index in [-0.39, 0.29) is 12.1 Å². The first-order valence-electron chi connectivity index (χ1n) is 12.0. The highest BCUT2D eigenvalue weighted by molar-refractivity contribution is 5.77. The van der Waals surface area contributed by atoms with Crippen molar-refractivity contribution in [3.8, 4) is 5.82 Å². The molecule has 2 N–H and O–H groups in total. The van der Waals surface area contributed by atoms with Crippen molar-refractivity contribution < 1.29 is 5.11 Å². The number of pyridine rings is 1. The van der Waals surface area contributed by atoms with Crippen molar-refractivity contribution in [3.05, 3.63) is 65.5 Å². The van der Waals surface area contributed by atoms with Gasteiger partial charge >= 0.3 is 0 Å². The predicted octanol–water partition coefficient (Wildman–Crippen LogP) is 3.84. The number of hydrogen-bond acceptors (Lipinski definition) is 7. The van der Waals surface area contributed by atoms with Gasteiger partial charge in [0.15, 0.2) is 11.5 Å². The minimum atomic E-state index is -1.14. The van der Waals surface area contributed by atoms with Gasteiger partial charge in [-0.1, -0.05) is 31.4 Å². The number of anilines is 2. The monoisotopic (exact) mass is 474 g/mol. The summed E-state index contributed by atoms with van der Waals surface area (Å²) in [5.74, 6) is 0.817. The Kier molecular flexibility index (Phi) is 5.98. The van der Waals surface area contributed by atoms with E-state index in [1.807, 2.05) is 10.9 Å². The minimum Gasteiger partial charge on any atom is -0.384 e. The van der Waals surface area contributed by atoms with E-state index in [0.717, 1.165) is 18.5 Å². The molecule has 1 aliphatic carbocycles. The Labute approximate surface area is 203 Å². The molecule has 0 amide bonds. The third kappa shape index (κ3) is 4.49. The van der Waals surface area contributed by atoms with Crippen molar-refractivity contribution in [3.63, 3.8) is 0 Å². The molecule has 0 bridgehead atoms. The third-order valence-corrected chi connectivity index (χ3v) is 6.36. The lowest BCUT2D eigenvalue weighted by Gasteiger charge is -2.21. The minimum absolute atomic E-state index is 0.243. The van der Waals surface area contributed by atoms with Crippen LogP contribution in [-0.4, -0.2) is 39.2 Å². The number of aliphatic hydroxyl groups is 1. The van der Waals surface area contributed by atoms with Crippen LogP contribution in [0.4, 0.5) is 11.6 Å². The summed E-state index contributed by atoms with van der Waals surface area (Å²) in [4.78, 5) is 26.8. The lowest BCUT2D eigenvalue weighted by Crippen LogP contribution is -2.23. The fourth-order valence-corrected chi connectivity index (χ4v) is 4.57. The maximum absolute atomic E-state index is 13.1. The van der Waals surface area contributed by atoms with E-state index in [1.165, 1.54) is 30.1 Å². The average molecular weight is 475 g/mol. The van der Waals surface area contributed by atoms with Crippen LogP contribution in [0.3, 0.4) is 0 Å². The van der Waals surface area contributed by atoms with Crippen molar-refractivity contribution in [2.45, 2.75) is 64.1 Å². The molecule has 10 heteroatoms. The fourth-order valence-electron chi connectivity index (χ4n) is 4.57. The van der Waals surface area contributed by atoms with E-state index >= 15 is 0 Å². The van der Waals surface area contributed by atoms with Crippen molar-refractivity contribution in [2.24, 2.45) is 0 Å². The molecule has 0 aliphatic heterocycles. The summed E-state index contributed by atoms with van der Waals surface area (Å²) >= 11 is 0. The van der Waals surface area contributed by atoms with Gasteiger partial charge in [-0.25, -0.2) is 19.3 Å². The van der Waals surface area contributed by atoms with Gasteiger partial charge in [0.25, 0.3) is 5.56 Å². The molecule has 4 aromatic rings. The van der Waals surface area contributed by atoms with Crippen molar-refractivity contribution >= 4 is 22.7 Å². The van der Waals surface area contributed by atoms with Crippen LogP contribution >= 0.6 is 0 Å². The number of aromatic nitrogens is 7. The first-order valence-corrected chi connectivity index (χ1v) is 12.0. The summed E-state index contributed by atoms with van der Waals surface area (Å²) in [5, 5.41) is 18.6. The lowest BCUT2D eigenvalue weighted by atomic mass is 9.96. The van der Waals surface area contributed by atoms with Crippen molar-refractivity contribution in [1.29, 1.82) is 0 Å². The fraction of sp³-hybridized carbons (Fsp3) is 0.400. The highest BCUT2D eigenvalue weighted by atomic mass is 16.3. The summed E-state index contributed by atoms with van der Waals surface area (Å²) in [5.41, 5.74) is 0.304. The number of rotatable bonds is 7. The molecule has 0 atom stereocenters. The molecule has 1 saturated carbocycles. The molecule has 4 aromatic heterocycles. The Morgan fingerprint density at radius 3 is 2.74 bits per heavy atom. The molecule has 1 fully saturated rings. The van der Waals surface area contributed by atoms with E-state index in [9.17, 15) is 9.90 Å². The van der Waals surface area contributed by atoms with Crippen molar-refractivity contribution in [1.82, 2.24) is 34.1 Å². The molecule has 0 unspecified atom stereocenters. The first kappa shape index (κ1) is 23.0. The summed E-state index contributed by atoms with van der Waals surface area (Å²) in [6.45, 7) is 7.38. The number of nitrogens with zero attached hydrogens (tertiary/aromatic N) is 7. The number of fused-ring (bicyclic) bond motifs is 1. The average Bonchev–Trinajstić information content (AvgIpc) is 3.42. The molecule has 4 heterocycles. The van der Waals surface area contributed by atoms with Crippen LogP contribution in [0.1, 0.15) is 57.7 Å². The summed E-state index contributed by atoms with van der Waals surface area (Å²) in [6.07, 6.45) is 13.0. The second kappa shape index (κ2) is 9.10. The van der Waals surface area contributed by atoms with Crippen LogP contribution in [0.25, 0.3) is 16.9 Å². The smallest absolute Gasteiger partial charge is 0.278 e. The summed E-state index contributed by atoms with van der Waals surface area (Å²) in [7, 11) is 0. The molecular formula is C25H30N8O2. The van der Waals surface area contributed by atoms with E-state index in [2.05, 4.69) is 31.9 Å².